The van der Waals surface area contributed by atoms with E-state index in [1.54, 1.807) is 24.3 Å². The average Bonchev–Trinajstić information content (AvgIpc) is 2.47. The van der Waals surface area contributed by atoms with E-state index in [0.717, 1.165) is 0 Å². The third-order valence-corrected chi connectivity index (χ3v) is 5.91. The fraction of sp³-hybridized carbons (Fsp3) is 0.467. The molecule has 0 aromatic heterocycles. The van der Waals surface area contributed by atoms with Crippen LogP contribution < -0.4 is 5.73 Å². The van der Waals surface area contributed by atoms with Gasteiger partial charge in [-0.2, -0.15) is 9.57 Å². The van der Waals surface area contributed by atoms with E-state index >= 15 is 0 Å². The van der Waals surface area contributed by atoms with Crippen molar-refractivity contribution in [3.8, 4) is 6.07 Å². The highest BCUT2D eigenvalue weighted by atomic mass is 32.2. The van der Waals surface area contributed by atoms with E-state index in [9.17, 15) is 13.2 Å². The lowest BCUT2D eigenvalue weighted by atomic mass is 9.95. The molecule has 1 amide bonds. The number of nitrogens with zero attached hydrogens (tertiary/aromatic N) is 2. The third-order valence-electron chi connectivity index (χ3n) is 3.99. The molecule has 1 saturated heterocycles. The highest BCUT2D eigenvalue weighted by Crippen LogP contribution is 2.26. The molecule has 0 spiro atoms. The molecule has 0 bridgehead atoms. The van der Waals surface area contributed by atoms with Gasteiger partial charge in [-0.05, 0) is 37.5 Å². The minimum atomic E-state index is -3.56. The summed E-state index contributed by atoms with van der Waals surface area (Å²) in [4.78, 5) is 11.3. The smallest absolute Gasteiger partial charge is 0.221 e. The van der Waals surface area contributed by atoms with Crippen molar-refractivity contribution in [2.45, 2.75) is 31.6 Å². The van der Waals surface area contributed by atoms with Crippen molar-refractivity contribution in [2.24, 2.45) is 11.7 Å². The Kier molecular flexibility index (Phi) is 4.84. The molecule has 0 radical (unpaired) electrons. The zero-order valence-corrected chi connectivity index (χ0v) is 13.2. The standard InChI is InChI=1S/C15H19N3O3S/c1-11-5-6-14(15(17)19)9-18(11)22(20,21)10-13-4-2-3-12(7-13)8-16/h2-4,7,11,14H,5-6,9-10H2,1H3,(H2,17,19). The Morgan fingerprint density at radius 3 is 2.82 bits per heavy atom. The molecule has 1 heterocycles. The minimum absolute atomic E-state index is 0.136. The number of benzene rings is 1. The van der Waals surface area contributed by atoms with Gasteiger partial charge in [0.2, 0.25) is 15.9 Å². The fourth-order valence-electron chi connectivity index (χ4n) is 2.72. The molecule has 1 aliphatic rings. The third kappa shape index (κ3) is 3.64. The first-order chi connectivity index (χ1) is 10.3. The number of rotatable bonds is 4. The molecule has 1 fully saturated rings. The van der Waals surface area contributed by atoms with Crippen LogP contribution in [0.2, 0.25) is 0 Å². The molecule has 2 rings (SSSR count). The second-order valence-electron chi connectivity index (χ2n) is 5.66. The van der Waals surface area contributed by atoms with Gasteiger partial charge in [-0.15, -0.1) is 0 Å². The summed E-state index contributed by atoms with van der Waals surface area (Å²) in [5.41, 5.74) is 6.30. The molecule has 0 saturated carbocycles. The number of piperidine rings is 1. The first kappa shape index (κ1) is 16.5. The Labute approximate surface area is 130 Å². The predicted octanol–water partition coefficient (Wildman–Crippen LogP) is 0.974. The van der Waals surface area contributed by atoms with Crippen molar-refractivity contribution in [2.75, 3.05) is 6.54 Å². The minimum Gasteiger partial charge on any atom is -0.369 e. The largest absolute Gasteiger partial charge is 0.369 e. The number of nitrogens with two attached hydrogens (primary N) is 1. The lowest BCUT2D eigenvalue weighted by Gasteiger charge is -2.35. The van der Waals surface area contributed by atoms with Crippen LogP contribution in [-0.2, 0) is 20.6 Å². The number of hydrogen-bond acceptors (Lipinski definition) is 4. The summed E-state index contributed by atoms with van der Waals surface area (Å²) in [6.07, 6.45) is 1.23. The van der Waals surface area contributed by atoms with Gasteiger partial charge >= 0.3 is 0 Å². The molecule has 7 heteroatoms. The fourth-order valence-corrected chi connectivity index (χ4v) is 4.55. The van der Waals surface area contributed by atoms with Crippen LogP contribution in [0.4, 0.5) is 0 Å². The van der Waals surface area contributed by atoms with Crippen LogP contribution in [0.25, 0.3) is 0 Å². The monoisotopic (exact) mass is 321 g/mol. The Morgan fingerprint density at radius 2 is 2.18 bits per heavy atom. The van der Waals surface area contributed by atoms with Crippen LogP contribution in [0, 0.1) is 17.2 Å². The number of sulfonamides is 1. The SMILES string of the molecule is CC1CCC(C(N)=O)CN1S(=O)(=O)Cc1cccc(C#N)c1. The van der Waals surface area contributed by atoms with Gasteiger partial charge in [0.05, 0.1) is 23.3 Å². The van der Waals surface area contributed by atoms with E-state index in [1.165, 1.54) is 4.31 Å². The van der Waals surface area contributed by atoms with Crippen LogP contribution in [-0.4, -0.2) is 31.2 Å². The second kappa shape index (κ2) is 6.46. The number of carbonyl (C=O) groups is 1. The first-order valence-electron chi connectivity index (χ1n) is 7.11. The lowest BCUT2D eigenvalue weighted by Crippen LogP contribution is -2.48. The molecule has 6 nitrogen and oxygen atoms in total. The van der Waals surface area contributed by atoms with E-state index in [1.807, 2.05) is 13.0 Å². The summed E-state index contributed by atoms with van der Waals surface area (Å²) in [7, 11) is -3.56. The van der Waals surface area contributed by atoms with Crippen LogP contribution in [0.15, 0.2) is 24.3 Å². The van der Waals surface area contributed by atoms with Crippen LogP contribution in [0.3, 0.4) is 0 Å². The molecule has 22 heavy (non-hydrogen) atoms. The number of carbonyl (C=O) groups excluding carboxylic acids is 1. The van der Waals surface area contributed by atoms with Crippen molar-refractivity contribution < 1.29 is 13.2 Å². The maximum absolute atomic E-state index is 12.6. The van der Waals surface area contributed by atoms with Crippen molar-refractivity contribution in [1.82, 2.24) is 4.31 Å². The Morgan fingerprint density at radius 1 is 1.45 bits per heavy atom. The van der Waals surface area contributed by atoms with Gasteiger partial charge in [0, 0.05) is 12.6 Å². The molecule has 2 unspecified atom stereocenters. The van der Waals surface area contributed by atoms with Gasteiger partial charge < -0.3 is 5.73 Å². The number of amides is 1. The van der Waals surface area contributed by atoms with E-state index in [4.69, 9.17) is 11.0 Å². The summed E-state index contributed by atoms with van der Waals surface area (Å²) in [5, 5.41) is 8.89. The van der Waals surface area contributed by atoms with Gasteiger partial charge in [0.25, 0.3) is 0 Å². The van der Waals surface area contributed by atoms with E-state index in [2.05, 4.69) is 0 Å². The summed E-state index contributed by atoms with van der Waals surface area (Å²) < 4.78 is 26.6. The van der Waals surface area contributed by atoms with Crippen LogP contribution >= 0.6 is 0 Å². The van der Waals surface area contributed by atoms with Gasteiger partial charge in [-0.1, -0.05) is 12.1 Å². The zero-order valence-electron chi connectivity index (χ0n) is 12.4. The number of primary amides is 1. The highest BCUT2D eigenvalue weighted by Gasteiger charge is 2.35. The Bertz CT molecular complexity index is 709. The quantitative estimate of drug-likeness (QED) is 0.892. The van der Waals surface area contributed by atoms with E-state index in [-0.39, 0.29) is 18.3 Å². The summed E-state index contributed by atoms with van der Waals surface area (Å²) in [5.74, 6) is -1.08. The molecule has 2 atom stereocenters. The molecule has 1 aromatic carbocycles. The predicted molar refractivity (Wildman–Crippen MR) is 81.9 cm³/mol. The van der Waals surface area contributed by atoms with E-state index in [0.29, 0.717) is 24.0 Å². The maximum Gasteiger partial charge on any atom is 0.221 e. The normalized spacial score (nSPS) is 22.9. The number of nitriles is 1. The van der Waals surface area contributed by atoms with Gasteiger partial charge in [-0.3, -0.25) is 4.79 Å². The molecule has 0 aliphatic carbocycles. The van der Waals surface area contributed by atoms with E-state index < -0.39 is 21.8 Å². The summed E-state index contributed by atoms with van der Waals surface area (Å²) in [6, 6.07) is 8.38. The number of hydrogen-bond donors (Lipinski definition) is 1. The molecule has 118 valence electrons. The zero-order chi connectivity index (χ0) is 16.3. The van der Waals surface area contributed by atoms with Crippen molar-refractivity contribution in [1.29, 1.82) is 5.26 Å². The Balaban J connectivity index is 2.21. The molecule has 1 aliphatic heterocycles. The van der Waals surface area contributed by atoms with Crippen molar-refractivity contribution in [3.05, 3.63) is 35.4 Å². The van der Waals surface area contributed by atoms with Crippen molar-refractivity contribution >= 4 is 15.9 Å². The summed E-state index contributed by atoms with van der Waals surface area (Å²) in [6.45, 7) is 1.97. The second-order valence-corrected chi connectivity index (χ2v) is 7.59. The molecule has 1 aromatic rings. The average molecular weight is 321 g/mol. The van der Waals surface area contributed by atoms with Crippen LogP contribution in [0.5, 0.6) is 0 Å². The topological polar surface area (TPSA) is 104 Å². The molecular weight excluding hydrogens is 302 g/mol. The van der Waals surface area contributed by atoms with Gasteiger partial charge in [-0.25, -0.2) is 8.42 Å². The lowest BCUT2D eigenvalue weighted by molar-refractivity contribution is -0.123. The highest BCUT2D eigenvalue weighted by molar-refractivity contribution is 7.88. The first-order valence-corrected chi connectivity index (χ1v) is 8.72. The van der Waals surface area contributed by atoms with Crippen molar-refractivity contribution in [3.63, 3.8) is 0 Å². The molecular formula is C15H19N3O3S. The van der Waals surface area contributed by atoms with Gasteiger partial charge in [0.15, 0.2) is 0 Å². The van der Waals surface area contributed by atoms with Gasteiger partial charge in [0.1, 0.15) is 0 Å². The Hall–Kier alpha value is -1.91. The summed E-state index contributed by atoms with van der Waals surface area (Å²) >= 11 is 0. The molecule has 2 N–H and O–H groups in total. The van der Waals surface area contributed by atoms with Crippen LogP contribution in [0.1, 0.15) is 30.9 Å². The maximum atomic E-state index is 12.6.